The number of nitrogens with zero attached hydrogens (tertiary/aromatic N) is 5. The van der Waals surface area contributed by atoms with E-state index in [0.717, 1.165) is 50.6 Å². The van der Waals surface area contributed by atoms with Gasteiger partial charge in [0.25, 0.3) is 0 Å². The van der Waals surface area contributed by atoms with Gasteiger partial charge in [-0.1, -0.05) is 78.9 Å². The molecule has 0 N–H and O–H groups in total. The topological polar surface area (TPSA) is 44.9 Å². The number of hydrogen-bond acceptors (Lipinski definition) is 3. The number of fused-ring (bicyclic) bond motifs is 7. The van der Waals surface area contributed by atoms with Gasteiger partial charge in [-0.2, -0.15) is 0 Å². The molecule has 0 saturated heterocycles. The molecule has 4 heterocycles. The molecule has 6 heteroatoms. The molecule has 1 unspecified atom stereocenters. The molecule has 250 valence electrons. The summed E-state index contributed by atoms with van der Waals surface area (Å²) in [6, 6.07) is 53.4. The van der Waals surface area contributed by atoms with Crippen molar-refractivity contribution < 1.29 is 4.74 Å². The lowest BCUT2D eigenvalue weighted by molar-refractivity contribution is 0.482. The molecule has 0 radical (unpaired) electrons. The van der Waals surface area contributed by atoms with Crippen molar-refractivity contribution in [2.45, 2.75) is 5.92 Å². The SMILES string of the molecule is Cn1c(-c2cccc(Oc3cccc(-n4c5ncccc5c5ccc6c(c54)C(c4ccccc4)c4ccccc4[N+]6(C)C)c3)c2)nc2ccccc21. The number of quaternary nitrogens is 1. The quantitative estimate of drug-likeness (QED) is 0.171. The Balaban J connectivity index is 1.16. The van der Waals surface area contributed by atoms with Crippen LogP contribution in [0, 0.1) is 0 Å². The van der Waals surface area contributed by atoms with Crippen LogP contribution >= 0.6 is 0 Å². The standard InChI is InChI=1S/C46H36N5O/c1-49-39-23-9-8-22-38(39)48-45(49)31-16-11-18-33(28-31)52-34-19-12-17-32(29-34)50-44-35(36-21-13-27-47-46(36)50)25-26-41-43(44)42(30-14-5-4-6-15-30)37-20-7-10-24-40(37)51(41,2)3/h4-29,42H,1-3H3/q+1. The molecule has 52 heavy (non-hydrogen) atoms. The zero-order valence-electron chi connectivity index (χ0n) is 29.2. The molecular weight excluding hydrogens is 639 g/mol. The molecule has 1 aliphatic rings. The Kier molecular flexibility index (Phi) is 6.72. The fraction of sp³-hybridized carbons (Fsp3) is 0.0870. The van der Waals surface area contributed by atoms with E-state index < -0.39 is 0 Å². The van der Waals surface area contributed by atoms with Crippen molar-refractivity contribution in [2.75, 3.05) is 14.1 Å². The Bertz CT molecular complexity index is 2830. The van der Waals surface area contributed by atoms with Gasteiger partial charge in [-0.15, -0.1) is 0 Å². The number of aromatic nitrogens is 4. The van der Waals surface area contributed by atoms with Gasteiger partial charge < -0.3 is 9.30 Å². The highest BCUT2D eigenvalue weighted by molar-refractivity contribution is 6.11. The average Bonchev–Trinajstić information content (AvgIpc) is 3.70. The Morgan fingerprint density at radius 1 is 0.654 bits per heavy atom. The summed E-state index contributed by atoms with van der Waals surface area (Å²) in [5.41, 5.74) is 12.6. The summed E-state index contributed by atoms with van der Waals surface area (Å²) in [6.07, 6.45) is 1.89. The molecule has 0 fully saturated rings. The lowest BCUT2D eigenvalue weighted by Crippen LogP contribution is -2.39. The van der Waals surface area contributed by atoms with Gasteiger partial charge in [0.2, 0.25) is 0 Å². The van der Waals surface area contributed by atoms with Crippen molar-refractivity contribution in [3.8, 4) is 28.6 Å². The van der Waals surface area contributed by atoms with E-state index in [-0.39, 0.29) is 5.92 Å². The van der Waals surface area contributed by atoms with Gasteiger partial charge in [0.15, 0.2) is 0 Å². The van der Waals surface area contributed by atoms with Crippen LogP contribution in [0.25, 0.3) is 50.0 Å². The zero-order valence-corrected chi connectivity index (χ0v) is 29.2. The van der Waals surface area contributed by atoms with E-state index in [1.807, 2.05) is 48.7 Å². The lowest BCUT2D eigenvalue weighted by Gasteiger charge is -2.40. The van der Waals surface area contributed by atoms with Gasteiger partial charge >= 0.3 is 0 Å². The number of para-hydroxylation sites is 3. The summed E-state index contributed by atoms with van der Waals surface area (Å²) in [7, 11) is 6.65. The third-order valence-electron chi connectivity index (χ3n) is 10.8. The fourth-order valence-corrected chi connectivity index (χ4v) is 8.41. The van der Waals surface area contributed by atoms with Crippen molar-refractivity contribution in [3.05, 3.63) is 175 Å². The zero-order chi connectivity index (χ0) is 35.0. The van der Waals surface area contributed by atoms with Crippen LogP contribution in [0.3, 0.4) is 0 Å². The van der Waals surface area contributed by atoms with Crippen LogP contribution in [0.5, 0.6) is 11.5 Å². The number of aryl methyl sites for hydroxylation is 1. The van der Waals surface area contributed by atoms with E-state index in [4.69, 9.17) is 14.7 Å². The van der Waals surface area contributed by atoms with Crippen LogP contribution in [0.15, 0.2) is 158 Å². The molecule has 0 amide bonds. The van der Waals surface area contributed by atoms with Crippen molar-refractivity contribution in [2.24, 2.45) is 7.05 Å². The Morgan fingerprint density at radius 3 is 2.29 bits per heavy atom. The number of hydrogen-bond donors (Lipinski definition) is 0. The van der Waals surface area contributed by atoms with Gasteiger partial charge in [-0.05, 0) is 66.2 Å². The summed E-state index contributed by atoms with van der Waals surface area (Å²) >= 11 is 0. The van der Waals surface area contributed by atoms with Crippen molar-refractivity contribution in [1.82, 2.24) is 23.6 Å². The molecule has 9 aromatic rings. The number of benzene rings is 6. The molecule has 10 rings (SSSR count). The highest BCUT2D eigenvalue weighted by atomic mass is 16.5. The van der Waals surface area contributed by atoms with Crippen molar-refractivity contribution in [1.29, 1.82) is 0 Å². The fourth-order valence-electron chi connectivity index (χ4n) is 8.41. The minimum atomic E-state index is 0.0373. The molecule has 0 aliphatic carbocycles. The van der Waals surface area contributed by atoms with Gasteiger partial charge in [0.1, 0.15) is 34.3 Å². The van der Waals surface area contributed by atoms with E-state index in [1.54, 1.807) is 0 Å². The highest BCUT2D eigenvalue weighted by Crippen LogP contribution is 2.54. The summed E-state index contributed by atoms with van der Waals surface area (Å²) in [5.74, 6) is 2.43. The van der Waals surface area contributed by atoms with E-state index in [0.29, 0.717) is 4.48 Å². The number of imidazole rings is 1. The normalized spacial score (nSPS) is 14.8. The second-order valence-electron chi connectivity index (χ2n) is 14.1. The maximum Gasteiger partial charge on any atom is 0.145 e. The lowest BCUT2D eigenvalue weighted by atomic mass is 9.78. The molecule has 6 aromatic carbocycles. The maximum absolute atomic E-state index is 6.63. The monoisotopic (exact) mass is 674 g/mol. The number of ether oxygens (including phenoxy) is 1. The van der Waals surface area contributed by atoms with E-state index in [1.165, 1.54) is 39.0 Å². The molecule has 1 atom stereocenters. The second kappa shape index (κ2) is 11.5. The van der Waals surface area contributed by atoms with E-state index >= 15 is 0 Å². The molecule has 1 aliphatic heterocycles. The molecular formula is C46H36N5O+. The maximum atomic E-state index is 6.63. The molecule has 0 saturated carbocycles. The third kappa shape index (κ3) is 4.54. The second-order valence-corrected chi connectivity index (χ2v) is 14.1. The molecule has 3 aromatic heterocycles. The van der Waals surface area contributed by atoms with E-state index in [2.05, 4.69) is 139 Å². The summed E-state index contributed by atoms with van der Waals surface area (Å²) < 4.78 is 11.7. The average molecular weight is 675 g/mol. The first-order valence-electron chi connectivity index (χ1n) is 17.7. The predicted octanol–water partition coefficient (Wildman–Crippen LogP) is 10.9. The Labute approximate surface area is 302 Å². The number of rotatable bonds is 5. The van der Waals surface area contributed by atoms with Crippen LogP contribution in [-0.4, -0.2) is 33.2 Å². The van der Waals surface area contributed by atoms with Gasteiger partial charge in [0.05, 0.1) is 41.9 Å². The van der Waals surface area contributed by atoms with Gasteiger partial charge in [-0.3, -0.25) is 9.05 Å². The highest BCUT2D eigenvalue weighted by Gasteiger charge is 2.42. The predicted molar refractivity (Wildman–Crippen MR) is 212 cm³/mol. The van der Waals surface area contributed by atoms with Crippen LogP contribution < -0.4 is 9.22 Å². The van der Waals surface area contributed by atoms with Crippen LogP contribution in [0.4, 0.5) is 11.4 Å². The first-order valence-corrected chi connectivity index (χ1v) is 17.7. The first-order chi connectivity index (χ1) is 25.5. The van der Waals surface area contributed by atoms with E-state index in [9.17, 15) is 0 Å². The minimum Gasteiger partial charge on any atom is -0.457 e. The summed E-state index contributed by atoms with van der Waals surface area (Å²) in [4.78, 5) is 9.93. The van der Waals surface area contributed by atoms with Gasteiger partial charge in [-0.25, -0.2) is 9.97 Å². The smallest absolute Gasteiger partial charge is 0.145 e. The summed E-state index contributed by atoms with van der Waals surface area (Å²) in [6.45, 7) is 0. The molecule has 6 nitrogen and oxygen atoms in total. The van der Waals surface area contributed by atoms with Gasteiger partial charge in [0, 0.05) is 53.2 Å². The minimum absolute atomic E-state index is 0.0373. The largest absolute Gasteiger partial charge is 0.457 e. The number of pyridine rings is 1. The summed E-state index contributed by atoms with van der Waals surface area (Å²) in [5, 5.41) is 2.31. The van der Waals surface area contributed by atoms with Crippen LogP contribution in [0.2, 0.25) is 0 Å². The first kappa shape index (κ1) is 30.3. The van der Waals surface area contributed by atoms with Crippen molar-refractivity contribution >= 4 is 44.3 Å². The van der Waals surface area contributed by atoms with Crippen LogP contribution in [0.1, 0.15) is 22.6 Å². The van der Waals surface area contributed by atoms with Crippen LogP contribution in [-0.2, 0) is 7.05 Å². The Morgan fingerprint density at radius 2 is 1.42 bits per heavy atom. The molecule has 0 spiro atoms. The third-order valence-corrected chi connectivity index (χ3v) is 10.8. The van der Waals surface area contributed by atoms with Crippen molar-refractivity contribution in [3.63, 3.8) is 0 Å². The Hall–Kier alpha value is -6.50. The molecule has 0 bridgehead atoms.